The Morgan fingerprint density at radius 3 is 2.37 bits per heavy atom. The summed E-state index contributed by atoms with van der Waals surface area (Å²) in [5.41, 5.74) is 1.66. The van der Waals surface area contributed by atoms with E-state index in [1.165, 1.54) is 0 Å². The summed E-state index contributed by atoms with van der Waals surface area (Å²) in [7, 11) is 4.04. The Labute approximate surface area is 168 Å². The van der Waals surface area contributed by atoms with Crippen molar-refractivity contribution in [2.75, 3.05) is 58.3 Å². The molecule has 2 rings (SSSR count). The fourth-order valence-electron chi connectivity index (χ4n) is 2.91. The first kappa shape index (κ1) is 21.6. The highest BCUT2D eigenvalue weighted by atomic mass is 35.5. The molecule has 1 aromatic rings. The lowest BCUT2D eigenvalue weighted by Gasteiger charge is -2.37. The number of amides is 1. The predicted molar refractivity (Wildman–Crippen MR) is 110 cm³/mol. The van der Waals surface area contributed by atoms with Gasteiger partial charge in [0, 0.05) is 49.0 Å². The highest BCUT2D eigenvalue weighted by Crippen LogP contribution is 2.33. The quantitative estimate of drug-likeness (QED) is 0.758. The number of anilines is 1. The van der Waals surface area contributed by atoms with Crippen LogP contribution in [0.1, 0.15) is 26.3 Å². The van der Waals surface area contributed by atoms with Crippen molar-refractivity contribution in [1.82, 2.24) is 9.80 Å². The molecule has 0 aromatic heterocycles. The highest BCUT2D eigenvalue weighted by molar-refractivity contribution is 6.31. The Morgan fingerprint density at radius 2 is 1.81 bits per heavy atom. The van der Waals surface area contributed by atoms with Crippen LogP contribution in [0.25, 0.3) is 0 Å². The van der Waals surface area contributed by atoms with Gasteiger partial charge >= 0.3 is 6.09 Å². The topological polar surface area (TPSA) is 45.2 Å². The van der Waals surface area contributed by atoms with Gasteiger partial charge in [-0.15, -0.1) is 0 Å². The fraction of sp³-hybridized carbons (Fsp3) is 0.650. The van der Waals surface area contributed by atoms with Gasteiger partial charge in [0.25, 0.3) is 0 Å². The van der Waals surface area contributed by atoms with Crippen molar-refractivity contribution in [2.24, 2.45) is 0 Å². The third-order valence-corrected chi connectivity index (χ3v) is 4.58. The van der Waals surface area contributed by atoms with Crippen molar-refractivity contribution in [1.29, 1.82) is 0 Å². The molecule has 1 amide bonds. The van der Waals surface area contributed by atoms with E-state index in [1.54, 1.807) is 4.90 Å². The summed E-state index contributed by atoms with van der Waals surface area (Å²) >= 11 is 6.33. The first-order chi connectivity index (χ1) is 12.6. The molecule has 0 atom stereocenters. The second-order valence-electron chi connectivity index (χ2n) is 8.15. The minimum Gasteiger partial charge on any atom is -0.492 e. The number of nitrogens with zero attached hydrogens (tertiary/aromatic N) is 3. The predicted octanol–water partition coefficient (Wildman–Crippen LogP) is 3.65. The van der Waals surface area contributed by atoms with Crippen LogP contribution in [-0.2, 0) is 4.74 Å². The van der Waals surface area contributed by atoms with Crippen LogP contribution in [-0.4, -0.2) is 74.9 Å². The van der Waals surface area contributed by atoms with Gasteiger partial charge < -0.3 is 24.2 Å². The van der Waals surface area contributed by atoms with Gasteiger partial charge in [0.1, 0.15) is 18.0 Å². The number of hydrogen-bond donors (Lipinski definition) is 0. The second kappa shape index (κ2) is 9.02. The van der Waals surface area contributed by atoms with E-state index in [4.69, 9.17) is 21.1 Å². The molecule has 6 nitrogen and oxygen atoms in total. The minimum atomic E-state index is -0.476. The molecule has 0 unspecified atom stereocenters. The maximum atomic E-state index is 12.2. The molecule has 1 fully saturated rings. The summed E-state index contributed by atoms with van der Waals surface area (Å²) in [6.07, 6.45) is -0.252. The third kappa shape index (κ3) is 6.47. The molecule has 0 spiro atoms. The fourth-order valence-corrected chi connectivity index (χ4v) is 3.12. The van der Waals surface area contributed by atoms with Gasteiger partial charge in [-0.05, 0) is 53.9 Å². The summed E-state index contributed by atoms with van der Waals surface area (Å²) in [5, 5.41) is 0.657. The Hall–Kier alpha value is -1.66. The largest absolute Gasteiger partial charge is 0.492 e. The van der Waals surface area contributed by atoms with Crippen molar-refractivity contribution in [3.8, 4) is 5.75 Å². The maximum Gasteiger partial charge on any atom is 0.410 e. The van der Waals surface area contributed by atoms with Crippen LogP contribution >= 0.6 is 11.6 Å². The van der Waals surface area contributed by atoms with Gasteiger partial charge in [-0.1, -0.05) is 11.6 Å². The second-order valence-corrected chi connectivity index (χ2v) is 8.59. The van der Waals surface area contributed by atoms with Gasteiger partial charge in [-0.25, -0.2) is 4.79 Å². The molecule has 0 N–H and O–H groups in total. The van der Waals surface area contributed by atoms with Crippen LogP contribution < -0.4 is 9.64 Å². The molecule has 1 aliphatic rings. The standard InChI is InChI=1S/C20H32ClN3O3/c1-15-17(13-16(21)14-18(15)26-12-11-22(5)6)23-7-9-24(10-8-23)19(25)27-20(2,3)4/h13-14H,7-12H2,1-6H3. The SMILES string of the molecule is Cc1c(OCCN(C)C)cc(Cl)cc1N1CCN(C(=O)OC(C)(C)C)CC1. The molecule has 1 heterocycles. The van der Waals surface area contributed by atoms with E-state index in [0.717, 1.165) is 36.6 Å². The summed E-state index contributed by atoms with van der Waals surface area (Å²) in [5.74, 6) is 0.814. The molecule has 1 aliphatic heterocycles. The number of carbonyl (C=O) groups excluding carboxylic acids is 1. The molecule has 0 radical (unpaired) electrons. The van der Waals surface area contributed by atoms with Crippen LogP contribution in [0.4, 0.5) is 10.5 Å². The lowest BCUT2D eigenvalue weighted by atomic mass is 10.1. The Bertz CT molecular complexity index is 651. The zero-order valence-electron chi connectivity index (χ0n) is 17.3. The van der Waals surface area contributed by atoms with E-state index >= 15 is 0 Å². The van der Waals surface area contributed by atoms with Crippen molar-refractivity contribution < 1.29 is 14.3 Å². The van der Waals surface area contributed by atoms with Gasteiger partial charge in [0.05, 0.1) is 0 Å². The van der Waals surface area contributed by atoms with E-state index in [1.807, 2.05) is 47.0 Å². The monoisotopic (exact) mass is 397 g/mol. The molecular formula is C20H32ClN3O3. The van der Waals surface area contributed by atoms with E-state index in [0.29, 0.717) is 24.7 Å². The number of likely N-dealkylation sites (N-methyl/N-ethyl adjacent to an activating group) is 1. The summed E-state index contributed by atoms with van der Waals surface area (Å²) in [6, 6.07) is 3.84. The molecule has 152 valence electrons. The maximum absolute atomic E-state index is 12.2. The first-order valence-electron chi connectivity index (χ1n) is 9.37. The lowest BCUT2D eigenvalue weighted by molar-refractivity contribution is 0.0240. The molecule has 7 heteroatoms. The first-order valence-corrected chi connectivity index (χ1v) is 9.75. The van der Waals surface area contributed by atoms with Gasteiger partial charge in [0.2, 0.25) is 0 Å². The highest BCUT2D eigenvalue weighted by Gasteiger charge is 2.27. The smallest absolute Gasteiger partial charge is 0.410 e. The number of halogens is 1. The lowest BCUT2D eigenvalue weighted by Crippen LogP contribution is -2.50. The Morgan fingerprint density at radius 1 is 1.19 bits per heavy atom. The van der Waals surface area contributed by atoms with Crippen LogP contribution in [0, 0.1) is 6.92 Å². The van der Waals surface area contributed by atoms with Gasteiger partial charge in [-0.3, -0.25) is 0 Å². The van der Waals surface area contributed by atoms with Crippen molar-refractivity contribution >= 4 is 23.4 Å². The molecule has 0 aliphatic carbocycles. The van der Waals surface area contributed by atoms with Crippen LogP contribution in [0.2, 0.25) is 5.02 Å². The van der Waals surface area contributed by atoms with E-state index < -0.39 is 5.60 Å². The average molecular weight is 398 g/mol. The zero-order chi connectivity index (χ0) is 20.2. The third-order valence-electron chi connectivity index (χ3n) is 4.37. The molecule has 27 heavy (non-hydrogen) atoms. The van der Waals surface area contributed by atoms with E-state index in [-0.39, 0.29) is 6.09 Å². The zero-order valence-corrected chi connectivity index (χ0v) is 18.1. The van der Waals surface area contributed by atoms with Crippen molar-refractivity contribution in [2.45, 2.75) is 33.3 Å². The Balaban J connectivity index is 2.03. The molecule has 0 saturated carbocycles. The summed E-state index contributed by atoms with van der Waals surface area (Å²) < 4.78 is 11.4. The normalized spacial score (nSPS) is 15.3. The van der Waals surface area contributed by atoms with Crippen LogP contribution in [0.15, 0.2) is 12.1 Å². The number of carbonyl (C=O) groups is 1. The molecular weight excluding hydrogens is 366 g/mol. The van der Waals surface area contributed by atoms with Crippen LogP contribution in [0.3, 0.4) is 0 Å². The number of ether oxygens (including phenoxy) is 2. The molecule has 1 saturated heterocycles. The number of benzene rings is 1. The number of hydrogen-bond acceptors (Lipinski definition) is 5. The minimum absolute atomic E-state index is 0.252. The number of rotatable bonds is 5. The average Bonchev–Trinajstić information content (AvgIpc) is 2.56. The van der Waals surface area contributed by atoms with Crippen molar-refractivity contribution in [3.63, 3.8) is 0 Å². The Kier molecular flexibility index (Phi) is 7.23. The van der Waals surface area contributed by atoms with Gasteiger partial charge in [-0.2, -0.15) is 0 Å². The van der Waals surface area contributed by atoms with Crippen molar-refractivity contribution in [3.05, 3.63) is 22.7 Å². The van der Waals surface area contributed by atoms with Crippen LogP contribution in [0.5, 0.6) is 5.75 Å². The van der Waals surface area contributed by atoms with E-state index in [2.05, 4.69) is 16.7 Å². The summed E-state index contributed by atoms with van der Waals surface area (Å²) in [6.45, 7) is 11.9. The molecule has 0 bridgehead atoms. The van der Waals surface area contributed by atoms with E-state index in [9.17, 15) is 4.79 Å². The number of piperazine rings is 1. The molecule has 1 aromatic carbocycles. The van der Waals surface area contributed by atoms with Gasteiger partial charge in [0.15, 0.2) is 0 Å². The summed E-state index contributed by atoms with van der Waals surface area (Å²) in [4.78, 5) is 18.3.